The van der Waals surface area contributed by atoms with Crippen LogP contribution < -0.4 is 9.04 Å². The lowest BCUT2D eigenvalue weighted by atomic mass is 10.1. The van der Waals surface area contributed by atoms with Crippen molar-refractivity contribution in [1.82, 2.24) is 0 Å². The van der Waals surface area contributed by atoms with Crippen molar-refractivity contribution in [3.05, 3.63) is 87.9 Å². The first kappa shape index (κ1) is 23.0. The zero-order valence-corrected chi connectivity index (χ0v) is 20.0. The van der Waals surface area contributed by atoms with Gasteiger partial charge in [-0.05, 0) is 73.9 Å². The van der Waals surface area contributed by atoms with Gasteiger partial charge in [0.05, 0.1) is 10.6 Å². The van der Waals surface area contributed by atoms with E-state index in [4.69, 9.17) is 4.74 Å². The molecule has 1 amide bonds. The standard InChI is InChI=1S/C24H24BrNO4S/c1-4-19-7-9-20(10-8-19)26(31(28,29)22-12-5-17(2)6-13-22)24(27)16-30-21-11-14-23(25)18(3)15-21/h5-15H,4,16H2,1-3H3. The van der Waals surface area contributed by atoms with Crippen molar-refractivity contribution in [3.63, 3.8) is 0 Å². The van der Waals surface area contributed by atoms with Crippen LogP contribution in [0.15, 0.2) is 76.1 Å². The van der Waals surface area contributed by atoms with Gasteiger partial charge in [0.15, 0.2) is 6.61 Å². The van der Waals surface area contributed by atoms with E-state index in [1.165, 1.54) is 12.1 Å². The average molecular weight is 502 g/mol. The third-order valence-corrected chi connectivity index (χ3v) is 7.51. The summed E-state index contributed by atoms with van der Waals surface area (Å²) in [5.41, 5.74) is 3.20. The molecular formula is C24H24BrNO4S. The van der Waals surface area contributed by atoms with E-state index in [0.717, 1.165) is 31.9 Å². The van der Waals surface area contributed by atoms with E-state index in [1.54, 1.807) is 36.4 Å². The van der Waals surface area contributed by atoms with Crippen LogP contribution in [0, 0.1) is 13.8 Å². The molecule has 3 rings (SSSR count). The summed E-state index contributed by atoms with van der Waals surface area (Å²) in [6.07, 6.45) is 0.810. The number of halogens is 1. The molecule has 0 aliphatic rings. The molecule has 0 N–H and O–H groups in total. The van der Waals surface area contributed by atoms with E-state index < -0.39 is 22.5 Å². The fraction of sp³-hybridized carbons (Fsp3) is 0.208. The van der Waals surface area contributed by atoms with Crippen molar-refractivity contribution >= 4 is 37.5 Å². The minimum Gasteiger partial charge on any atom is -0.484 e. The number of carbonyl (C=O) groups is 1. The Hall–Kier alpha value is -2.64. The highest BCUT2D eigenvalue weighted by Gasteiger charge is 2.31. The molecule has 0 aliphatic heterocycles. The molecule has 0 aliphatic carbocycles. The molecule has 0 fully saturated rings. The van der Waals surface area contributed by atoms with Gasteiger partial charge >= 0.3 is 0 Å². The number of anilines is 1. The summed E-state index contributed by atoms with van der Waals surface area (Å²) in [5, 5.41) is 0. The number of benzene rings is 3. The molecule has 0 bridgehead atoms. The third-order valence-electron chi connectivity index (χ3n) is 4.86. The first-order valence-corrected chi connectivity index (χ1v) is 12.1. The smallest absolute Gasteiger partial charge is 0.278 e. The monoisotopic (exact) mass is 501 g/mol. The van der Waals surface area contributed by atoms with Crippen LogP contribution >= 0.6 is 15.9 Å². The number of nitrogens with zero attached hydrogens (tertiary/aromatic N) is 1. The quantitative estimate of drug-likeness (QED) is 0.432. The molecule has 162 valence electrons. The second kappa shape index (κ2) is 9.66. The minimum atomic E-state index is -4.11. The molecule has 7 heteroatoms. The van der Waals surface area contributed by atoms with Crippen LogP contribution in [0.1, 0.15) is 23.6 Å². The van der Waals surface area contributed by atoms with Gasteiger partial charge in [-0.1, -0.05) is 52.7 Å². The third kappa shape index (κ3) is 5.35. The number of ether oxygens (including phenoxy) is 1. The zero-order chi connectivity index (χ0) is 22.6. The van der Waals surface area contributed by atoms with Gasteiger partial charge in [0, 0.05) is 4.47 Å². The topological polar surface area (TPSA) is 63.7 Å². The summed E-state index contributed by atoms with van der Waals surface area (Å²) in [7, 11) is -4.11. The van der Waals surface area contributed by atoms with Crippen LogP contribution in [0.4, 0.5) is 5.69 Å². The number of carbonyl (C=O) groups excluding carboxylic acids is 1. The number of rotatable bonds is 7. The average Bonchev–Trinajstić information content (AvgIpc) is 2.75. The summed E-state index contributed by atoms with van der Waals surface area (Å²) in [5.74, 6) is -0.187. The second-order valence-electron chi connectivity index (χ2n) is 7.20. The molecule has 0 radical (unpaired) electrons. The first-order valence-electron chi connectivity index (χ1n) is 9.85. The molecule has 0 spiro atoms. The van der Waals surface area contributed by atoms with Crippen molar-refractivity contribution in [2.75, 3.05) is 10.9 Å². The van der Waals surface area contributed by atoms with Gasteiger partial charge in [0.2, 0.25) is 0 Å². The SMILES string of the molecule is CCc1ccc(N(C(=O)COc2ccc(Br)c(C)c2)S(=O)(=O)c2ccc(C)cc2)cc1. The highest BCUT2D eigenvalue weighted by atomic mass is 79.9. The second-order valence-corrected chi connectivity index (χ2v) is 9.84. The molecule has 0 atom stereocenters. The van der Waals surface area contributed by atoms with Gasteiger partial charge < -0.3 is 4.74 Å². The van der Waals surface area contributed by atoms with Gasteiger partial charge in [-0.25, -0.2) is 8.42 Å². The molecule has 0 unspecified atom stereocenters. The van der Waals surface area contributed by atoms with Crippen molar-refractivity contribution < 1.29 is 17.9 Å². The maximum atomic E-state index is 13.4. The van der Waals surface area contributed by atoms with Crippen molar-refractivity contribution in [1.29, 1.82) is 0 Å². The molecule has 3 aromatic carbocycles. The Labute approximate surface area is 191 Å². The Morgan fingerprint density at radius 2 is 1.61 bits per heavy atom. The van der Waals surface area contributed by atoms with Crippen LogP contribution in [0.2, 0.25) is 0 Å². The number of sulfonamides is 1. The van der Waals surface area contributed by atoms with Crippen LogP contribution in [0.5, 0.6) is 5.75 Å². The molecule has 0 aromatic heterocycles. The predicted molar refractivity (Wildman–Crippen MR) is 126 cm³/mol. The Kier molecular flexibility index (Phi) is 7.18. The first-order chi connectivity index (χ1) is 14.7. The minimum absolute atomic E-state index is 0.0468. The van der Waals surface area contributed by atoms with E-state index in [1.807, 2.05) is 39.0 Å². The molecule has 0 heterocycles. The summed E-state index contributed by atoms with van der Waals surface area (Å²) < 4.78 is 34.2. The van der Waals surface area contributed by atoms with Gasteiger partial charge in [-0.2, -0.15) is 4.31 Å². The van der Waals surface area contributed by atoms with Crippen LogP contribution in [0.3, 0.4) is 0 Å². The van der Waals surface area contributed by atoms with E-state index in [0.29, 0.717) is 5.75 Å². The van der Waals surface area contributed by atoms with Gasteiger partial charge in [-0.15, -0.1) is 0 Å². The predicted octanol–water partition coefficient (Wildman–Crippen LogP) is 5.43. The van der Waals surface area contributed by atoms with Crippen LogP contribution in [-0.2, 0) is 21.2 Å². The van der Waals surface area contributed by atoms with Gasteiger partial charge in [0.1, 0.15) is 5.75 Å². The van der Waals surface area contributed by atoms with Crippen molar-refractivity contribution in [3.8, 4) is 5.75 Å². The highest BCUT2D eigenvalue weighted by molar-refractivity contribution is 9.10. The molecule has 31 heavy (non-hydrogen) atoms. The van der Waals surface area contributed by atoms with E-state index in [9.17, 15) is 13.2 Å². The summed E-state index contributed by atoms with van der Waals surface area (Å²) in [6, 6.07) is 18.7. The summed E-state index contributed by atoms with van der Waals surface area (Å²) >= 11 is 3.42. The van der Waals surface area contributed by atoms with E-state index in [-0.39, 0.29) is 10.6 Å². The fourth-order valence-electron chi connectivity index (χ4n) is 3.01. The number of hydrogen-bond acceptors (Lipinski definition) is 4. The van der Waals surface area contributed by atoms with E-state index in [2.05, 4.69) is 15.9 Å². The largest absolute Gasteiger partial charge is 0.484 e. The van der Waals surface area contributed by atoms with Crippen LogP contribution in [0.25, 0.3) is 0 Å². The number of amides is 1. The molecular weight excluding hydrogens is 478 g/mol. The maximum Gasteiger partial charge on any atom is 0.278 e. The highest BCUT2D eigenvalue weighted by Crippen LogP contribution is 2.26. The molecule has 5 nitrogen and oxygen atoms in total. The van der Waals surface area contributed by atoms with Gasteiger partial charge in [0.25, 0.3) is 15.9 Å². The Morgan fingerprint density at radius 3 is 2.19 bits per heavy atom. The number of hydrogen-bond donors (Lipinski definition) is 0. The van der Waals surface area contributed by atoms with Gasteiger partial charge in [-0.3, -0.25) is 4.79 Å². The Balaban J connectivity index is 1.95. The molecule has 3 aromatic rings. The lowest BCUT2D eigenvalue weighted by Crippen LogP contribution is -2.40. The van der Waals surface area contributed by atoms with Crippen molar-refractivity contribution in [2.45, 2.75) is 32.1 Å². The summed E-state index contributed by atoms with van der Waals surface area (Å²) in [4.78, 5) is 13.2. The lowest BCUT2D eigenvalue weighted by Gasteiger charge is -2.23. The Bertz CT molecular complexity index is 1170. The lowest BCUT2D eigenvalue weighted by molar-refractivity contribution is -0.119. The van der Waals surface area contributed by atoms with Crippen LogP contribution in [-0.4, -0.2) is 20.9 Å². The Morgan fingerprint density at radius 1 is 0.968 bits per heavy atom. The fourth-order valence-corrected chi connectivity index (χ4v) is 4.67. The molecule has 0 saturated heterocycles. The molecule has 0 saturated carbocycles. The number of aryl methyl sites for hydroxylation is 3. The normalized spacial score (nSPS) is 11.2. The summed E-state index contributed by atoms with van der Waals surface area (Å²) in [6.45, 7) is 5.37. The maximum absolute atomic E-state index is 13.4. The van der Waals surface area contributed by atoms with E-state index >= 15 is 0 Å². The van der Waals surface area contributed by atoms with Crippen molar-refractivity contribution in [2.24, 2.45) is 0 Å². The zero-order valence-electron chi connectivity index (χ0n) is 17.6.